The van der Waals surface area contributed by atoms with Crippen molar-refractivity contribution in [3.63, 3.8) is 0 Å². The van der Waals surface area contributed by atoms with Crippen LogP contribution in [0.2, 0.25) is 0 Å². The van der Waals surface area contributed by atoms with Crippen LogP contribution in [0.4, 0.5) is 0 Å². The van der Waals surface area contributed by atoms with Crippen LogP contribution >= 0.6 is 0 Å². The number of carbonyl (C=O) groups is 1. The highest BCUT2D eigenvalue weighted by atomic mass is 16.4. The van der Waals surface area contributed by atoms with Gasteiger partial charge in [-0.3, -0.25) is 0 Å². The third-order valence-electron chi connectivity index (χ3n) is 6.00. The van der Waals surface area contributed by atoms with Gasteiger partial charge in [0, 0.05) is 6.08 Å². The minimum absolute atomic E-state index is 0.164. The van der Waals surface area contributed by atoms with E-state index in [4.69, 9.17) is 5.11 Å². The van der Waals surface area contributed by atoms with Crippen molar-refractivity contribution in [1.29, 1.82) is 0 Å². The zero-order chi connectivity index (χ0) is 20.4. The predicted octanol–water partition coefficient (Wildman–Crippen LogP) is 6.66. The second-order valence-electron chi connectivity index (χ2n) is 8.55. The first-order valence-corrected chi connectivity index (χ1v) is 10.0. The first-order chi connectivity index (χ1) is 12.6. The Morgan fingerprint density at radius 3 is 2.52 bits per heavy atom. The van der Waals surface area contributed by atoms with Gasteiger partial charge in [0.25, 0.3) is 0 Å². The van der Waals surface area contributed by atoms with E-state index in [0.29, 0.717) is 5.92 Å². The summed E-state index contributed by atoms with van der Waals surface area (Å²) in [6.45, 7) is 15.0. The molecule has 0 aromatic heterocycles. The van der Waals surface area contributed by atoms with Crippen molar-refractivity contribution in [2.24, 2.45) is 5.92 Å². The van der Waals surface area contributed by atoms with Gasteiger partial charge in [0.2, 0.25) is 0 Å². The van der Waals surface area contributed by atoms with Crippen molar-refractivity contribution in [3.8, 4) is 0 Å². The molecule has 2 nitrogen and oxygen atoms in total. The highest BCUT2D eigenvalue weighted by molar-refractivity contribution is 5.81. The predicted molar refractivity (Wildman–Crippen MR) is 115 cm³/mol. The lowest BCUT2D eigenvalue weighted by atomic mass is 9.72. The molecule has 0 bridgehead atoms. The van der Waals surface area contributed by atoms with Gasteiger partial charge in [-0.2, -0.15) is 0 Å². The average Bonchev–Trinajstić information content (AvgIpc) is 3.29. The number of carboxylic acid groups (broad SMARTS) is 1. The lowest BCUT2D eigenvalue weighted by Crippen LogP contribution is -2.21. The van der Waals surface area contributed by atoms with Crippen LogP contribution in [0.25, 0.3) is 5.57 Å². The molecule has 0 radical (unpaired) electrons. The number of benzene rings is 1. The number of allylic oxidation sites excluding steroid dienone is 5. The van der Waals surface area contributed by atoms with Gasteiger partial charge >= 0.3 is 5.97 Å². The summed E-state index contributed by atoms with van der Waals surface area (Å²) in [5.41, 5.74) is 6.78. The molecule has 2 aliphatic carbocycles. The van der Waals surface area contributed by atoms with Gasteiger partial charge in [-0.05, 0) is 71.3 Å². The number of rotatable bonds is 4. The summed E-state index contributed by atoms with van der Waals surface area (Å²) in [6.07, 6.45) is 9.94. The van der Waals surface area contributed by atoms with E-state index in [1.807, 2.05) is 26.8 Å². The molecule has 2 atom stereocenters. The topological polar surface area (TPSA) is 37.3 Å². The third-order valence-corrected chi connectivity index (χ3v) is 6.00. The van der Waals surface area contributed by atoms with Crippen molar-refractivity contribution < 1.29 is 9.90 Å². The molecule has 1 saturated carbocycles. The van der Waals surface area contributed by atoms with Crippen LogP contribution in [0.3, 0.4) is 0 Å². The van der Waals surface area contributed by atoms with Crippen LogP contribution in [-0.4, -0.2) is 11.1 Å². The van der Waals surface area contributed by atoms with Crippen molar-refractivity contribution >= 4 is 11.5 Å². The van der Waals surface area contributed by atoms with E-state index in [9.17, 15) is 4.79 Å². The lowest BCUT2D eigenvalue weighted by Gasteiger charge is -2.32. The van der Waals surface area contributed by atoms with Crippen molar-refractivity contribution in [3.05, 3.63) is 64.8 Å². The number of hydrogen-bond acceptors (Lipinski definition) is 1. The third kappa shape index (κ3) is 4.43. The molecule has 1 N–H and O–H groups in total. The monoisotopic (exact) mass is 366 g/mol. The summed E-state index contributed by atoms with van der Waals surface area (Å²) >= 11 is 0. The second-order valence-corrected chi connectivity index (χ2v) is 8.55. The van der Waals surface area contributed by atoms with Crippen LogP contribution < -0.4 is 0 Å². The van der Waals surface area contributed by atoms with Crippen LogP contribution in [0, 0.1) is 5.92 Å². The molecule has 27 heavy (non-hydrogen) atoms. The second kappa shape index (κ2) is 7.88. The van der Waals surface area contributed by atoms with Crippen LogP contribution in [0.15, 0.2) is 48.1 Å². The standard InChI is InChI=1S/C23H28O2.C2H6/c1-15(12-21(24)25)6-7-18-14-23(18,5)17-8-9-20-19(13-17)16(2)10-11-22(20,3)4;1-2/h6-10,12-13,18H,11,14H2,1-5H3,(H,24,25);1-2H3/b7-6?,15-12+;/t18?,23-;/m1./s1. The van der Waals surface area contributed by atoms with Gasteiger partial charge in [-0.15, -0.1) is 0 Å². The van der Waals surface area contributed by atoms with E-state index in [-0.39, 0.29) is 10.8 Å². The molecule has 0 spiro atoms. The largest absolute Gasteiger partial charge is 0.478 e. The molecule has 1 fully saturated rings. The minimum Gasteiger partial charge on any atom is -0.478 e. The Hall–Kier alpha value is -2.09. The molecule has 2 heteroatoms. The smallest absolute Gasteiger partial charge is 0.328 e. The number of carboxylic acids is 1. The van der Waals surface area contributed by atoms with Crippen molar-refractivity contribution in [1.82, 2.24) is 0 Å². The molecule has 146 valence electrons. The summed E-state index contributed by atoms with van der Waals surface area (Å²) in [4.78, 5) is 10.7. The Labute approximate surface area is 164 Å². The first kappa shape index (κ1) is 21.2. The summed E-state index contributed by atoms with van der Waals surface area (Å²) in [7, 11) is 0. The van der Waals surface area contributed by atoms with Crippen LogP contribution in [0.1, 0.15) is 78.0 Å². The van der Waals surface area contributed by atoms with E-state index >= 15 is 0 Å². The molecule has 1 aromatic carbocycles. The quantitative estimate of drug-likeness (QED) is 0.478. The van der Waals surface area contributed by atoms with Gasteiger partial charge in [0.05, 0.1) is 0 Å². The molecule has 1 aromatic rings. The Balaban J connectivity index is 0.00000126. The maximum Gasteiger partial charge on any atom is 0.328 e. The van der Waals surface area contributed by atoms with Gasteiger partial charge < -0.3 is 5.11 Å². The van der Waals surface area contributed by atoms with Gasteiger partial charge in [-0.25, -0.2) is 4.79 Å². The van der Waals surface area contributed by atoms with Crippen LogP contribution in [-0.2, 0) is 15.6 Å². The fourth-order valence-corrected chi connectivity index (χ4v) is 3.97. The van der Waals surface area contributed by atoms with E-state index in [2.05, 4.69) is 58.0 Å². The molecule has 0 heterocycles. The molecule has 2 aliphatic rings. The molecule has 1 unspecified atom stereocenters. The number of hydrogen-bond donors (Lipinski definition) is 1. The molecular weight excluding hydrogens is 332 g/mol. The molecule has 3 rings (SSSR count). The van der Waals surface area contributed by atoms with E-state index in [0.717, 1.165) is 18.4 Å². The Bertz CT molecular complexity index is 808. The van der Waals surface area contributed by atoms with Crippen LogP contribution in [0.5, 0.6) is 0 Å². The highest BCUT2D eigenvalue weighted by Gasteiger charge is 2.49. The number of fused-ring (bicyclic) bond motifs is 1. The first-order valence-electron chi connectivity index (χ1n) is 10.0. The maximum absolute atomic E-state index is 10.7. The fraction of sp³-hybridized carbons (Fsp3) is 0.480. The van der Waals surface area contributed by atoms with E-state index < -0.39 is 5.97 Å². The zero-order valence-corrected chi connectivity index (χ0v) is 17.9. The Morgan fingerprint density at radius 1 is 1.22 bits per heavy atom. The minimum atomic E-state index is -0.889. The average molecular weight is 367 g/mol. The van der Waals surface area contributed by atoms with Gasteiger partial charge in [0.1, 0.15) is 0 Å². The number of aliphatic carboxylic acids is 1. The van der Waals surface area contributed by atoms with E-state index in [1.54, 1.807) is 0 Å². The SMILES string of the molecule is CC.CC1=CCC(C)(C)c2ccc([C@@]3(C)CC3C=C/C(C)=C/C(=O)O)cc21. The summed E-state index contributed by atoms with van der Waals surface area (Å²) in [6, 6.07) is 7.00. The molecular formula is C25H34O2. The molecule has 0 saturated heterocycles. The summed E-state index contributed by atoms with van der Waals surface area (Å²) in [5.74, 6) is -0.413. The highest BCUT2D eigenvalue weighted by Crippen LogP contribution is 2.55. The van der Waals surface area contributed by atoms with E-state index in [1.165, 1.54) is 28.3 Å². The fourth-order valence-electron chi connectivity index (χ4n) is 3.97. The molecule has 0 aliphatic heterocycles. The molecule has 0 amide bonds. The zero-order valence-electron chi connectivity index (χ0n) is 17.9. The lowest BCUT2D eigenvalue weighted by molar-refractivity contribution is -0.131. The summed E-state index contributed by atoms with van der Waals surface area (Å²) < 4.78 is 0. The Kier molecular flexibility index (Phi) is 6.19. The van der Waals surface area contributed by atoms with Gasteiger partial charge in [0.15, 0.2) is 0 Å². The van der Waals surface area contributed by atoms with Crippen molar-refractivity contribution in [2.45, 2.75) is 72.1 Å². The summed E-state index contributed by atoms with van der Waals surface area (Å²) in [5, 5.41) is 8.81. The maximum atomic E-state index is 10.7. The van der Waals surface area contributed by atoms with Gasteiger partial charge in [-0.1, -0.05) is 71.0 Å². The van der Waals surface area contributed by atoms with Crippen molar-refractivity contribution in [2.75, 3.05) is 0 Å². The Morgan fingerprint density at radius 2 is 1.89 bits per heavy atom. The normalized spacial score (nSPS) is 26.0.